The highest BCUT2D eigenvalue weighted by Crippen LogP contribution is 2.13. The maximum atomic E-state index is 5.78. The van der Waals surface area contributed by atoms with Crippen molar-refractivity contribution in [2.45, 2.75) is 12.5 Å². The average molecular weight is 152 g/mol. The highest BCUT2D eigenvalue weighted by atomic mass is 14.9. The maximum absolute atomic E-state index is 5.78. The van der Waals surface area contributed by atoms with Crippen molar-refractivity contribution in [1.82, 2.24) is 0 Å². The summed E-state index contributed by atoms with van der Waals surface area (Å²) in [6.07, 6.45) is 4.79. The van der Waals surface area contributed by atoms with Crippen LogP contribution in [0.1, 0.15) is 6.92 Å². The molecule has 1 aliphatic rings. The van der Waals surface area contributed by atoms with Crippen LogP contribution in [0.25, 0.3) is 0 Å². The van der Waals surface area contributed by atoms with Gasteiger partial charge in [0, 0.05) is 6.20 Å². The first-order valence-electron chi connectivity index (χ1n) is 3.29. The summed E-state index contributed by atoms with van der Waals surface area (Å²) in [5.74, 6) is 0. The Morgan fingerprint density at radius 1 is 1.45 bits per heavy atom. The summed E-state index contributed by atoms with van der Waals surface area (Å²) in [5.41, 5.74) is 17.2. The minimum Gasteiger partial charge on any atom is -0.399 e. The molecule has 0 saturated carbocycles. The van der Waals surface area contributed by atoms with Crippen LogP contribution in [0.3, 0.4) is 0 Å². The Hall–Kier alpha value is -1.29. The van der Waals surface area contributed by atoms with E-state index in [9.17, 15) is 0 Å². The van der Waals surface area contributed by atoms with Crippen molar-refractivity contribution < 1.29 is 0 Å². The van der Waals surface area contributed by atoms with Gasteiger partial charge in [-0.05, 0) is 13.0 Å². The van der Waals surface area contributed by atoms with Gasteiger partial charge in [0.15, 0.2) is 0 Å². The summed E-state index contributed by atoms with van der Waals surface area (Å²) < 4.78 is 0. The molecule has 1 atom stereocenters. The number of nitrogens with zero attached hydrogens (tertiary/aromatic N) is 1. The molecule has 0 fully saturated rings. The molecule has 11 heavy (non-hydrogen) atoms. The van der Waals surface area contributed by atoms with Gasteiger partial charge >= 0.3 is 0 Å². The van der Waals surface area contributed by atoms with Crippen molar-refractivity contribution in [1.29, 1.82) is 0 Å². The topological polar surface area (TPSA) is 90.4 Å². The third-order valence-electron chi connectivity index (χ3n) is 1.61. The van der Waals surface area contributed by atoms with Crippen molar-refractivity contribution in [2.75, 3.05) is 0 Å². The normalized spacial score (nSPS) is 30.7. The smallest absolute Gasteiger partial charge is 0.0752 e. The third kappa shape index (κ3) is 1.40. The standard InChI is InChI=1S/C7H12N4/c1-7(10)2-3-11-4-5(8)6(7)9/h2-4H,8-10H2,1H3. The molecule has 0 aromatic rings. The number of allylic oxidation sites excluding steroid dienone is 1. The zero-order chi connectivity index (χ0) is 8.48. The molecule has 4 heteroatoms. The zero-order valence-electron chi connectivity index (χ0n) is 6.41. The summed E-state index contributed by atoms with van der Waals surface area (Å²) >= 11 is 0. The monoisotopic (exact) mass is 152 g/mol. The Morgan fingerprint density at radius 2 is 2.09 bits per heavy atom. The van der Waals surface area contributed by atoms with Crippen LogP contribution in [0.15, 0.2) is 28.7 Å². The van der Waals surface area contributed by atoms with Crippen LogP contribution >= 0.6 is 0 Å². The van der Waals surface area contributed by atoms with E-state index in [1.165, 1.54) is 6.21 Å². The Bertz CT molecular complexity index is 247. The molecular formula is C7H12N4. The van der Waals surface area contributed by atoms with E-state index >= 15 is 0 Å². The summed E-state index contributed by atoms with van der Waals surface area (Å²) in [6.45, 7) is 1.78. The SMILES string of the molecule is CC1(N)C=CN=CC(N)=C1N. The minimum absolute atomic E-state index is 0.431. The molecule has 4 nitrogen and oxygen atoms in total. The van der Waals surface area contributed by atoms with Crippen LogP contribution in [0, 0.1) is 0 Å². The molecule has 0 aromatic carbocycles. The second-order valence-corrected chi connectivity index (χ2v) is 2.75. The van der Waals surface area contributed by atoms with Gasteiger partial charge in [0.2, 0.25) is 0 Å². The Labute approximate surface area is 65.5 Å². The van der Waals surface area contributed by atoms with Gasteiger partial charge < -0.3 is 17.2 Å². The van der Waals surface area contributed by atoms with Gasteiger partial charge in [-0.25, -0.2) is 0 Å². The highest BCUT2D eigenvalue weighted by molar-refractivity contribution is 5.80. The summed E-state index contributed by atoms with van der Waals surface area (Å²) in [7, 11) is 0. The number of rotatable bonds is 0. The van der Waals surface area contributed by atoms with E-state index in [1.54, 1.807) is 19.2 Å². The number of hydrogen-bond donors (Lipinski definition) is 3. The third-order valence-corrected chi connectivity index (χ3v) is 1.61. The lowest BCUT2D eigenvalue weighted by molar-refractivity contribution is 0.671. The fourth-order valence-electron chi connectivity index (χ4n) is 0.792. The van der Waals surface area contributed by atoms with E-state index in [1.807, 2.05) is 0 Å². The fraction of sp³-hybridized carbons (Fsp3) is 0.286. The molecule has 0 amide bonds. The average Bonchev–Trinajstić information content (AvgIpc) is 2.03. The predicted molar refractivity (Wildman–Crippen MR) is 45.6 cm³/mol. The van der Waals surface area contributed by atoms with Gasteiger partial charge in [0.05, 0.1) is 23.1 Å². The molecule has 6 N–H and O–H groups in total. The van der Waals surface area contributed by atoms with Crippen molar-refractivity contribution in [3.63, 3.8) is 0 Å². The van der Waals surface area contributed by atoms with Gasteiger partial charge in [-0.3, -0.25) is 4.99 Å². The summed E-state index contributed by atoms with van der Waals surface area (Å²) in [6, 6.07) is 0. The van der Waals surface area contributed by atoms with E-state index in [4.69, 9.17) is 17.2 Å². The molecule has 1 unspecified atom stereocenters. The van der Waals surface area contributed by atoms with Crippen LogP contribution in [0.4, 0.5) is 0 Å². The van der Waals surface area contributed by atoms with Crippen molar-refractivity contribution in [3.8, 4) is 0 Å². The Balaban J connectivity index is 3.13. The fourth-order valence-corrected chi connectivity index (χ4v) is 0.792. The molecule has 1 aliphatic heterocycles. The minimum atomic E-state index is -0.680. The lowest BCUT2D eigenvalue weighted by Crippen LogP contribution is -2.41. The molecule has 60 valence electrons. The molecule has 1 rings (SSSR count). The highest BCUT2D eigenvalue weighted by Gasteiger charge is 2.21. The molecule has 0 aliphatic carbocycles. The quantitative estimate of drug-likeness (QED) is 0.434. The zero-order valence-corrected chi connectivity index (χ0v) is 6.41. The number of nitrogens with two attached hydrogens (primary N) is 3. The molecular weight excluding hydrogens is 140 g/mol. The van der Waals surface area contributed by atoms with Crippen LogP contribution < -0.4 is 17.2 Å². The number of hydrogen-bond acceptors (Lipinski definition) is 4. The summed E-state index contributed by atoms with van der Waals surface area (Å²) in [4.78, 5) is 3.85. The largest absolute Gasteiger partial charge is 0.399 e. The Morgan fingerprint density at radius 3 is 2.73 bits per heavy atom. The van der Waals surface area contributed by atoms with E-state index in [0.717, 1.165) is 0 Å². The lowest BCUT2D eigenvalue weighted by atomic mass is 9.99. The molecule has 0 spiro atoms. The van der Waals surface area contributed by atoms with Crippen LogP contribution in [-0.2, 0) is 0 Å². The van der Waals surface area contributed by atoms with Gasteiger partial charge in [0.1, 0.15) is 0 Å². The van der Waals surface area contributed by atoms with E-state index in [2.05, 4.69) is 4.99 Å². The van der Waals surface area contributed by atoms with E-state index in [0.29, 0.717) is 11.4 Å². The second-order valence-electron chi connectivity index (χ2n) is 2.75. The van der Waals surface area contributed by atoms with Gasteiger partial charge in [-0.1, -0.05) is 0 Å². The van der Waals surface area contributed by atoms with Crippen LogP contribution in [0.2, 0.25) is 0 Å². The lowest BCUT2D eigenvalue weighted by Gasteiger charge is -2.20. The maximum Gasteiger partial charge on any atom is 0.0752 e. The van der Waals surface area contributed by atoms with Gasteiger partial charge in [0.25, 0.3) is 0 Å². The molecule has 0 saturated heterocycles. The summed E-state index contributed by atoms with van der Waals surface area (Å²) in [5, 5.41) is 0. The Kier molecular flexibility index (Phi) is 1.70. The van der Waals surface area contributed by atoms with Crippen LogP contribution in [0.5, 0.6) is 0 Å². The van der Waals surface area contributed by atoms with Crippen molar-refractivity contribution in [3.05, 3.63) is 23.7 Å². The molecule has 0 radical (unpaired) electrons. The first-order chi connectivity index (χ1) is 5.04. The second kappa shape index (κ2) is 2.39. The van der Waals surface area contributed by atoms with Crippen molar-refractivity contribution in [2.24, 2.45) is 22.2 Å². The van der Waals surface area contributed by atoms with Gasteiger partial charge in [-0.2, -0.15) is 0 Å². The van der Waals surface area contributed by atoms with E-state index in [-0.39, 0.29) is 0 Å². The van der Waals surface area contributed by atoms with Gasteiger partial charge in [-0.15, -0.1) is 0 Å². The first kappa shape index (κ1) is 7.81. The van der Waals surface area contributed by atoms with Crippen LogP contribution in [-0.4, -0.2) is 11.8 Å². The van der Waals surface area contributed by atoms with Crippen molar-refractivity contribution >= 4 is 6.21 Å². The molecule has 0 bridgehead atoms. The number of aliphatic imine (C=N–C) groups is 1. The predicted octanol–water partition coefficient (Wildman–Crippen LogP) is -0.569. The van der Waals surface area contributed by atoms with E-state index < -0.39 is 5.54 Å². The molecule has 1 heterocycles. The molecule has 0 aromatic heterocycles. The first-order valence-corrected chi connectivity index (χ1v) is 3.29.